The number of hydrogen-bond donors (Lipinski definition) is 0. The summed E-state index contributed by atoms with van der Waals surface area (Å²) >= 11 is 3.54. The maximum absolute atomic E-state index is 4.43. The fourth-order valence-electron chi connectivity index (χ4n) is 1.55. The Bertz CT molecular complexity index is 483. The Balaban J connectivity index is 2.38. The van der Waals surface area contributed by atoms with E-state index in [0.717, 1.165) is 21.5 Å². The number of pyridine rings is 1. The molecule has 0 N–H and O–H groups in total. The lowest BCUT2D eigenvalue weighted by atomic mass is 10.3. The lowest BCUT2D eigenvalue weighted by Crippen LogP contribution is -2.11. The Labute approximate surface area is 104 Å². The molecule has 0 spiro atoms. The van der Waals surface area contributed by atoms with E-state index in [-0.39, 0.29) is 0 Å². The zero-order valence-electron chi connectivity index (χ0n) is 9.31. The molecule has 0 saturated carbocycles. The highest BCUT2D eigenvalue weighted by Gasteiger charge is 2.08. The molecule has 0 aliphatic heterocycles. The van der Waals surface area contributed by atoms with Crippen molar-refractivity contribution in [3.8, 4) is 0 Å². The van der Waals surface area contributed by atoms with Gasteiger partial charge in [-0.15, -0.1) is 0 Å². The fraction of sp³-hybridized carbons (Fsp3) is 0.154. The summed E-state index contributed by atoms with van der Waals surface area (Å²) in [7, 11) is 2.01. The first-order valence-corrected chi connectivity index (χ1v) is 5.88. The van der Waals surface area contributed by atoms with Gasteiger partial charge in [-0.05, 0) is 46.6 Å². The van der Waals surface area contributed by atoms with E-state index in [0.29, 0.717) is 0 Å². The van der Waals surface area contributed by atoms with Crippen LogP contribution >= 0.6 is 15.9 Å². The van der Waals surface area contributed by atoms with Gasteiger partial charge in [0.15, 0.2) is 0 Å². The number of nitrogens with zero attached hydrogens (tertiary/aromatic N) is 2. The third-order valence-electron chi connectivity index (χ3n) is 2.42. The lowest BCUT2D eigenvalue weighted by molar-refractivity contribution is 1.10. The van der Waals surface area contributed by atoms with Gasteiger partial charge in [0, 0.05) is 18.9 Å². The Morgan fingerprint density at radius 1 is 1.19 bits per heavy atom. The summed E-state index contributed by atoms with van der Waals surface area (Å²) in [6, 6.07) is 12.3. The predicted molar refractivity (Wildman–Crippen MR) is 71.2 cm³/mol. The predicted octanol–water partition coefficient (Wildman–Crippen LogP) is 3.92. The van der Waals surface area contributed by atoms with Crippen LogP contribution in [-0.4, -0.2) is 12.0 Å². The van der Waals surface area contributed by atoms with Crippen molar-refractivity contribution in [2.45, 2.75) is 6.92 Å². The molecule has 0 unspecified atom stereocenters. The smallest absolute Gasteiger partial charge is 0.147 e. The van der Waals surface area contributed by atoms with Crippen LogP contribution in [0.3, 0.4) is 0 Å². The van der Waals surface area contributed by atoms with Crippen LogP contribution in [0.4, 0.5) is 11.5 Å². The Morgan fingerprint density at radius 2 is 1.88 bits per heavy atom. The summed E-state index contributed by atoms with van der Waals surface area (Å²) in [5.41, 5.74) is 2.27. The van der Waals surface area contributed by atoms with Crippen molar-refractivity contribution in [1.29, 1.82) is 0 Å². The van der Waals surface area contributed by atoms with Gasteiger partial charge in [0.2, 0.25) is 0 Å². The maximum Gasteiger partial charge on any atom is 0.147 e. The van der Waals surface area contributed by atoms with Gasteiger partial charge < -0.3 is 4.90 Å². The van der Waals surface area contributed by atoms with E-state index in [1.807, 2.05) is 38.4 Å². The van der Waals surface area contributed by atoms with Crippen molar-refractivity contribution in [2.75, 3.05) is 11.9 Å². The van der Waals surface area contributed by atoms with Gasteiger partial charge in [0.05, 0.1) is 4.47 Å². The monoisotopic (exact) mass is 276 g/mol. The number of aromatic nitrogens is 1. The average Bonchev–Trinajstić information content (AvgIpc) is 2.29. The summed E-state index contributed by atoms with van der Waals surface area (Å²) in [6.45, 7) is 2.03. The van der Waals surface area contributed by atoms with Gasteiger partial charge in [-0.3, -0.25) is 0 Å². The quantitative estimate of drug-likeness (QED) is 0.827. The molecule has 0 bridgehead atoms. The molecule has 2 rings (SSSR count). The second-order valence-corrected chi connectivity index (χ2v) is 4.57. The van der Waals surface area contributed by atoms with Crippen molar-refractivity contribution in [3.63, 3.8) is 0 Å². The molecule has 0 radical (unpaired) electrons. The minimum atomic E-state index is 0.928. The summed E-state index contributed by atoms with van der Waals surface area (Å²) < 4.78 is 1.01. The standard InChI is InChI=1S/C13H13BrN2/c1-10-8-12(14)13(15-9-10)16(2)11-6-4-3-5-7-11/h3-9H,1-2H3. The van der Waals surface area contributed by atoms with Gasteiger partial charge in [-0.1, -0.05) is 18.2 Å². The number of hydrogen-bond acceptors (Lipinski definition) is 2. The number of benzene rings is 1. The van der Waals surface area contributed by atoms with E-state index in [2.05, 4.69) is 44.0 Å². The Hall–Kier alpha value is -1.35. The average molecular weight is 277 g/mol. The van der Waals surface area contributed by atoms with Gasteiger partial charge >= 0.3 is 0 Å². The van der Waals surface area contributed by atoms with E-state index in [4.69, 9.17) is 0 Å². The molecule has 0 aliphatic carbocycles. The normalized spacial score (nSPS) is 10.2. The molecule has 1 aromatic heterocycles. The van der Waals surface area contributed by atoms with Crippen LogP contribution < -0.4 is 4.90 Å². The first-order chi connectivity index (χ1) is 7.68. The summed E-state index contributed by atoms with van der Waals surface area (Å²) in [5.74, 6) is 0.928. The van der Waals surface area contributed by atoms with Crippen molar-refractivity contribution in [1.82, 2.24) is 4.98 Å². The van der Waals surface area contributed by atoms with Gasteiger partial charge in [-0.25, -0.2) is 4.98 Å². The second kappa shape index (κ2) is 4.66. The van der Waals surface area contributed by atoms with Crippen molar-refractivity contribution < 1.29 is 0 Å². The number of para-hydroxylation sites is 1. The van der Waals surface area contributed by atoms with Crippen LogP contribution in [0.15, 0.2) is 47.1 Å². The lowest BCUT2D eigenvalue weighted by Gasteiger charge is -2.19. The fourth-order valence-corrected chi connectivity index (χ4v) is 2.28. The zero-order chi connectivity index (χ0) is 11.5. The van der Waals surface area contributed by atoms with Crippen molar-refractivity contribution >= 4 is 27.4 Å². The SMILES string of the molecule is Cc1cnc(N(C)c2ccccc2)c(Br)c1. The van der Waals surface area contributed by atoms with Gasteiger partial charge in [0.25, 0.3) is 0 Å². The highest BCUT2D eigenvalue weighted by Crippen LogP contribution is 2.28. The second-order valence-electron chi connectivity index (χ2n) is 3.71. The molecule has 82 valence electrons. The van der Waals surface area contributed by atoms with Gasteiger partial charge in [-0.2, -0.15) is 0 Å². The molecule has 0 fully saturated rings. The van der Waals surface area contributed by atoms with Crippen molar-refractivity contribution in [3.05, 3.63) is 52.6 Å². The molecule has 2 aromatic rings. The minimum absolute atomic E-state index is 0.928. The molecule has 3 heteroatoms. The summed E-state index contributed by atoms with van der Waals surface area (Å²) in [5, 5.41) is 0. The first kappa shape index (κ1) is 11.1. The number of anilines is 2. The molecule has 0 saturated heterocycles. The molecule has 0 atom stereocenters. The summed E-state index contributed by atoms with van der Waals surface area (Å²) in [4.78, 5) is 6.49. The van der Waals surface area contributed by atoms with Crippen LogP contribution in [0.5, 0.6) is 0 Å². The van der Waals surface area contributed by atoms with Crippen LogP contribution in [0.1, 0.15) is 5.56 Å². The maximum atomic E-state index is 4.43. The van der Waals surface area contributed by atoms with E-state index in [1.54, 1.807) is 0 Å². The molecular weight excluding hydrogens is 264 g/mol. The van der Waals surface area contributed by atoms with Crippen molar-refractivity contribution in [2.24, 2.45) is 0 Å². The van der Waals surface area contributed by atoms with Crippen LogP contribution in [0.2, 0.25) is 0 Å². The zero-order valence-corrected chi connectivity index (χ0v) is 10.9. The largest absolute Gasteiger partial charge is 0.329 e. The van der Waals surface area contributed by atoms with E-state index in [1.165, 1.54) is 0 Å². The van der Waals surface area contributed by atoms with Crippen LogP contribution in [-0.2, 0) is 0 Å². The molecule has 0 aliphatic rings. The Kier molecular flexibility index (Phi) is 3.25. The first-order valence-electron chi connectivity index (χ1n) is 5.09. The summed E-state index contributed by atoms with van der Waals surface area (Å²) in [6.07, 6.45) is 1.87. The van der Waals surface area contributed by atoms with Gasteiger partial charge in [0.1, 0.15) is 5.82 Å². The molecule has 16 heavy (non-hydrogen) atoms. The van der Waals surface area contributed by atoms with E-state index < -0.39 is 0 Å². The van der Waals surface area contributed by atoms with Crippen LogP contribution in [0.25, 0.3) is 0 Å². The topological polar surface area (TPSA) is 16.1 Å². The Morgan fingerprint density at radius 3 is 2.50 bits per heavy atom. The molecule has 1 heterocycles. The number of halogens is 1. The minimum Gasteiger partial charge on any atom is -0.329 e. The van der Waals surface area contributed by atoms with E-state index in [9.17, 15) is 0 Å². The van der Waals surface area contributed by atoms with E-state index >= 15 is 0 Å². The number of rotatable bonds is 2. The third-order valence-corrected chi connectivity index (χ3v) is 3.00. The molecule has 2 nitrogen and oxygen atoms in total. The molecule has 0 amide bonds. The third kappa shape index (κ3) is 2.25. The highest BCUT2D eigenvalue weighted by molar-refractivity contribution is 9.10. The molecule has 1 aromatic carbocycles. The number of aryl methyl sites for hydroxylation is 1. The van der Waals surface area contributed by atoms with Crippen LogP contribution in [0, 0.1) is 6.92 Å². The molecular formula is C13H13BrN2. The highest BCUT2D eigenvalue weighted by atomic mass is 79.9.